The second-order valence-electron chi connectivity index (χ2n) is 3.89. The van der Waals surface area contributed by atoms with Crippen LogP contribution in [0.15, 0.2) is 33.7 Å². The highest BCUT2D eigenvalue weighted by atomic mass is 32.2. The number of methoxy groups -OCH3 is 1. The highest BCUT2D eigenvalue weighted by Gasteiger charge is 2.12. The van der Waals surface area contributed by atoms with Gasteiger partial charge in [0.15, 0.2) is 5.78 Å². The van der Waals surface area contributed by atoms with E-state index < -0.39 is 0 Å². The Bertz CT molecular complexity index is 551. The Labute approximate surface area is 115 Å². The lowest BCUT2D eigenvalue weighted by Crippen LogP contribution is -2.09. The summed E-state index contributed by atoms with van der Waals surface area (Å²) >= 11 is 1.67. The first kappa shape index (κ1) is 13.8. The van der Waals surface area contributed by atoms with E-state index in [0.717, 1.165) is 5.56 Å². The van der Waals surface area contributed by atoms with Crippen molar-refractivity contribution in [2.75, 3.05) is 20.0 Å². The molecule has 6 heteroatoms. The molecule has 0 saturated carbocycles. The number of nitrogens with zero attached hydrogens (tertiary/aromatic N) is 2. The Balaban J connectivity index is 2.09. The van der Waals surface area contributed by atoms with E-state index >= 15 is 0 Å². The van der Waals surface area contributed by atoms with E-state index in [2.05, 4.69) is 10.1 Å². The van der Waals surface area contributed by atoms with Gasteiger partial charge in [-0.1, -0.05) is 5.16 Å². The van der Waals surface area contributed by atoms with Gasteiger partial charge in [-0.05, 0) is 30.5 Å². The van der Waals surface area contributed by atoms with E-state index in [1.807, 2.05) is 30.5 Å². The molecule has 0 aliphatic rings. The summed E-state index contributed by atoms with van der Waals surface area (Å²) in [7, 11) is 1.48. The van der Waals surface area contributed by atoms with Crippen molar-refractivity contribution in [3.05, 3.63) is 30.2 Å². The molecule has 0 amide bonds. The van der Waals surface area contributed by atoms with Crippen molar-refractivity contribution in [2.45, 2.75) is 11.3 Å². The van der Waals surface area contributed by atoms with Gasteiger partial charge in [0, 0.05) is 17.6 Å². The number of Topliss-reactive ketones (excluding diaryl/α,β-unsaturated/α-hetero) is 1. The fourth-order valence-corrected chi connectivity index (χ4v) is 1.97. The smallest absolute Gasteiger partial charge is 0.234 e. The zero-order valence-corrected chi connectivity index (χ0v) is 11.6. The minimum absolute atomic E-state index is 0.0557. The van der Waals surface area contributed by atoms with Gasteiger partial charge in [0.05, 0.1) is 6.42 Å². The van der Waals surface area contributed by atoms with E-state index in [1.54, 1.807) is 11.8 Å². The molecule has 1 aromatic heterocycles. The topological polar surface area (TPSA) is 65.2 Å². The van der Waals surface area contributed by atoms with Gasteiger partial charge in [0.25, 0.3) is 0 Å². The summed E-state index contributed by atoms with van der Waals surface area (Å²) in [5.74, 6) is 0.717. The number of benzene rings is 1. The number of ether oxygens (including phenoxy) is 1. The van der Waals surface area contributed by atoms with Crippen LogP contribution in [0.5, 0.6) is 0 Å². The fourth-order valence-electron chi connectivity index (χ4n) is 1.56. The molecular weight excluding hydrogens is 264 g/mol. The van der Waals surface area contributed by atoms with E-state index in [1.165, 1.54) is 12.0 Å². The molecule has 0 aliphatic heterocycles. The Morgan fingerprint density at radius 3 is 2.74 bits per heavy atom. The molecule has 0 radical (unpaired) electrons. The molecule has 0 unspecified atom stereocenters. The molecule has 5 nitrogen and oxygen atoms in total. The van der Waals surface area contributed by atoms with Crippen molar-refractivity contribution in [3.63, 3.8) is 0 Å². The highest BCUT2D eigenvalue weighted by Crippen LogP contribution is 2.20. The average molecular weight is 278 g/mol. The molecule has 0 N–H and O–H groups in total. The van der Waals surface area contributed by atoms with Gasteiger partial charge in [-0.2, -0.15) is 4.98 Å². The van der Waals surface area contributed by atoms with Crippen LogP contribution in [-0.2, 0) is 16.0 Å². The molecule has 2 aromatic rings. The summed E-state index contributed by atoms with van der Waals surface area (Å²) < 4.78 is 9.80. The molecule has 0 atom stereocenters. The minimum Gasteiger partial charge on any atom is -0.377 e. The normalized spacial score (nSPS) is 10.6. The van der Waals surface area contributed by atoms with Crippen molar-refractivity contribution in [1.29, 1.82) is 0 Å². The van der Waals surface area contributed by atoms with Crippen LogP contribution >= 0.6 is 11.8 Å². The van der Waals surface area contributed by atoms with E-state index in [-0.39, 0.29) is 18.8 Å². The van der Waals surface area contributed by atoms with Gasteiger partial charge >= 0.3 is 0 Å². The predicted octanol–water partition coefficient (Wildman–Crippen LogP) is 2.22. The standard InChI is InChI=1S/C13H14N2O3S/c1-17-8-10(16)7-12-14-13(15-18-12)9-3-5-11(19-2)6-4-9/h3-6H,7-8H2,1-2H3. The van der Waals surface area contributed by atoms with Gasteiger partial charge < -0.3 is 9.26 Å². The van der Waals surface area contributed by atoms with Gasteiger partial charge in [-0.15, -0.1) is 11.8 Å². The molecule has 19 heavy (non-hydrogen) atoms. The summed E-state index contributed by atoms with van der Waals surface area (Å²) in [4.78, 5) is 16.8. The number of aromatic nitrogens is 2. The van der Waals surface area contributed by atoms with Crippen molar-refractivity contribution in [2.24, 2.45) is 0 Å². The number of carbonyl (C=O) groups is 1. The van der Waals surface area contributed by atoms with Crippen molar-refractivity contribution < 1.29 is 14.1 Å². The summed E-state index contributed by atoms with van der Waals surface area (Å²) in [6.45, 7) is 0.0557. The Kier molecular flexibility index (Phi) is 4.70. The van der Waals surface area contributed by atoms with E-state index in [9.17, 15) is 4.79 Å². The van der Waals surface area contributed by atoms with Crippen molar-refractivity contribution in [1.82, 2.24) is 10.1 Å². The highest BCUT2D eigenvalue weighted by molar-refractivity contribution is 7.98. The van der Waals surface area contributed by atoms with E-state index in [0.29, 0.717) is 11.7 Å². The second kappa shape index (κ2) is 6.49. The molecular formula is C13H14N2O3S. The maximum atomic E-state index is 11.4. The Morgan fingerprint density at radius 2 is 2.11 bits per heavy atom. The molecule has 0 saturated heterocycles. The molecule has 1 aromatic carbocycles. The first-order chi connectivity index (χ1) is 9.22. The molecule has 0 bridgehead atoms. The number of thioether (sulfide) groups is 1. The lowest BCUT2D eigenvalue weighted by Gasteiger charge is -1.96. The molecule has 0 fully saturated rings. The fraction of sp³-hybridized carbons (Fsp3) is 0.308. The van der Waals surface area contributed by atoms with Gasteiger partial charge in [0.1, 0.15) is 6.61 Å². The number of rotatable bonds is 6. The maximum absolute atomic E-state index is 11.4. The van der Waals surface area contributed by atoms with Gasteiger partial charge in [0.2, 0.25) is 11.7 Å². The molecule has 0 aliphatic carbocycles. The molecule has 100 valence electrons. The van der Waals surface area contributed by atoms with Crippen molar-refractivity contribution >= 4 is 17.5 Å². The second-order valence-corrected chi connectivity index (χ2v) is 4.77. The Hall–Kier alpha value is -1.66. The van der Waals surface area contributed by atoms with E-state index in [4.69, 9.17) is 9.26 Å². The molecule has 1 heterocycles. The lowest BCUT2D eigenvalue weighted by molar-refractivity contribution is -0.122. The summed E-state index contributed by atoms with van der Waals surface area (Å²) in [6, 6.07) is 7.84. The third-order valence-electron chi connectivity index (χ3n) is 2.47. The number of carbonyl (C=O) groups excluding carboxylic acids is 1. The largest absolute Gasteiger partial charge is 0.377 e. The van der Waals surface area contributed by atoms with Crippen LogP contribution < -0.4 is 0 Å². The van der Waals surface area contributed by atoms with Crippen LogP contribution in [0.4, 0.5) is 0 Å². The lowest BCUT2D eigenvalue weighted by atomic mass is 10.2. The quantitative estimate of drug-likeness (QED) is 0.755. The monoisotopic (exact) mass is 278 g/mol. The minimum atomic E-state index is -0.0876. The van der Waals surface area contributed by atoms with Crippen LogP contribution in [0.2, 0.25) is 0 Å². The zero-order chi connectivity index (χ0) is 13.7. The van der Waals surface area contributed by atoms with Crippen LogP contribution in [0.25, 0.3) is 11.4 Å². The first-order valence-corrected chi connectivity index (χ1v) is 6.93. The zero-order valence-electron chi connectivity index (χ0n) is 10.8. The average Bonchev–Trinajstić information content (AvgIpc) is 2.87. The van der Waals surface area contributed by atoms with Crippen LogP contribution in [-0.4, -0.2) is 35.9 Å². The van der Waals surface area contributed by atoms with Crippen molar-refractivity contribution in [3.8, 4) is 11.4 Å². The molecule has 2 rings (SSSR count). The van der Waals surface area contributed by atoms with Crippen LogP contribution in [0, 0.1) is 0 Å². The number of hydrogen-bond acceptors (Lipinski definition) is 6. The maximum Gasteiger partial charge on any atom is 0.234 e. The third kappa shape index (κ3) is 3.65. The molecule has 0 spiro atoms. The number of hydrogen-bond donors (Lipinski definition) is 0. The van der Waals surface area contributed by atoms with Crippen LogP contribution in [0.3, 0.4) is 0 Å². The van der Waals surface area contributed by atoms with Gasteiger partial charge in [-0.25, -0.2) is 0 Å². The van der Waals surface area contributed by atoms with Gasteiger partial charge in [-0.3, -0.25) is 4.79 Å². The third-order valence-corrected chi connectivity index (χ3v) is 3.21. The Morgan fingerprint density at radius 1 is 1.37 bits per heavy atom. The first-order valence-electron chi connectivity index (χ1n) is 5.70. The predicted molar refractivity (Wildman–Crippen MR) is 72.1 cm³/mol. The summed E-state index contributed by atoms with van der Waals surface area (Å²) in [5, 5.41) is 3.87. The van der Waals surface area contributed by atoms with Crippen LogP contribution in [0.1, 0.15) is 5.89 Å². The summed E-state index contributed by atoms with van der Waals surface area (Å²) in [5.41, 5.74) is 0.868. The SMILES string of the molecule is COCC(=O)Cc1nc(-c2ccc(SC)cc2)no1. The number of ketones is 1. The summed E-state index contributed by atoms with van der Waals surface area (Å²) in [6.07, 6.45) is 2.12.